The van der Waals surface area contributed by atoms with Gasteiger partial charge in [-0.15, -0.1) is 17.5 Å². The van der Waals surface area contributed by atoms with Gasteiger partial charge in [-0.25, -0.2) is 4.99 Å². The highest BCUT2D eigenvalue weighted by molar-refractivity contribution is 8.13. The molecule has 0 saturated carbocycles. The van der Waals surface area contributed by atoms with Crippen LogP contribution in [0.2, 0.25) is 0 Å². The highest BCUT2D eigenvalue weighted by Crippen LogP contribution is 2.41. The van der Waals surface area contributed by atoms with Crippen LogP contribution >= 0.6 is 11.8 Å². The third-order valence-corrected chi connectivity index (χ3v) is 12.6. The minimum Gasteiger partial charge on any atom is -0.326 e. The van der Waals surface area contributed by atoms with Crippen LogP contribution in [-0.2, 0) is 11.2 Å². The molecule has 4 unspecified atom stereocenters. The normalized spacial score (nSPS) is 15.6. The first kappa shape index (κ1) is 43.6. The molecule has 0 bridgehead atoms. The van der Waals surface area contributed by atoms with E-state index in [0.717, 1.165) is 81.3 Å². The number of aliphatic imine (C=N–C) groups is 1. The molecule has 4 atom stereocenters. The number of hydrogen-bond donors (Lipinski definition) is 1. The Bertz CT molecular complexity index is 1790. The maximum absolute atomic E-state index is 12.6. The number of carbonyl (C=O) groups is 1. The summed E-state index contributed by atoms with van der Waals surface area (Å²) in [6.45, 7) is 17.5. The summed E-state index contributed by atoms with van der Waals surface area (Å²) in [6.07, 6.45) is 20.0. The van der Waals surface area contributed by atoms with Crippen molar-refractivity contribution in [3.05, 3.63) is 149 Å². The highest BCUT2D eigenvalue weighted by atomic mass is 32.2. The monoisotopic (exact) mass is 754 g/mol. The van der Waals surface area contributed by atoms with Crippen molar-refractivity contribution in [1.29, 1.82) is 0 Å². The number of allylic oxidation sites excluding steroid dienone is 6. The van der Waals surface area contributed by atoms with E-state index in [9.17, 15) is 4.79 Å². The fourth-order valence-corrected chi connectivity index (χ4v) is 8.43. The molecule has 1 amide bonds. The highest BCUT2D eigenvalue weighted by Gasteiger charge is 2.27. The minimum absolute atomic E-state index is 0.0973. The van der Waals surface area contributed by atoms with Crippen LogP contribution in [0.5, 0.6) is 0 Å². The topological polar surface area (TPSA) is 41.5 Å². The molecule has 1 N–H and O–H groups in total. The van der Waals surface area contributed by atoms with Crippen molar-refractivity contribution in [1.82, 2.24) is 0 Å². The van der Waals surface area contributed by atoms with E-state index in [4.69, 9.17) is 4.99 Å². The zero-order valence-corrected chi connectivity index (χ0v) is 35.4. The van der Waals surface area contributed by atoms with Gasteiger partial charge >= 0.3 is 0 Å². The third-order valence-electron chi connectivity index (χ3n) is 11.2. The van der Waals surface area contributed by atoms with Gasteiger partial charge in [0, 0.05) is 23.4 Å². The molecule has 55 heavy (non-hydrogen) atoms. The summed E-state index contributed by atoms with van der Waals surface area (Å²) in [5.41, 5.74) is 12.6. The number of amides is 1. The smallest absolute Gasteiger partial charge is 0.224 e. The van der Waals surface area contributed by atoms with Crippen molar-refractivity contribution in [3.8, 4) is 0 Å². The Kier molecular flexibility index (Phi) is 18.8. The van der Waals surface area contributed by atoms with Crippen molar-refractivity contribution in [3.63, 3.8) is 0 Å². The number of thioether (sulfide) groups is 1. The van der Waals surface area contributed by atoms with Crippen molar-refractivity contribution in [2.45, 2.75) is 124 Å². The lowest BCUT2D eigenvalue weighted by molar-refractivity contribution is -0.116. The van der Waals surface area contributed by atoms with Gasteiger partial charge in [0.05, 0.1) is 10.7 Å². The standard InChI is InChI=1S/C51H66N2OS/c1-8-11-12-13-14-15-22-27-49(54)52-47-34-32-44(33-35-47)39(5)40(6)48(45-30-28-42(9-2)29-31-45)36-38(4)37-55-50(10-3)53-51(46-25-20-17-21-26-46)41(7)43-23-18-16-19-24-43/h11,17-18,20-21,23-26,28-35,38-40,48H,1,9-10,12-16,19,22,27,36-37H2,2-7H3,(H,52,54)/b51-41+,53-50?. The van der Waals surface area contributed by atoms with Crippen LogP contribution < -0.4 is 5.32 Å². The fourth-order valence-electron chi connectivity index (χ4n) is 7.46. The predicted octanol–water partition coefficient (Wildman–Crippen LogP) is 14.7. The Morgan fingerprint density at radius 1 is 0.909 bits per heavy atom. The van der Waals surface area contributed by atoms with Crippen LogP contribution in [0.25, 0.3) is 5.70 Å². The number of unbranched alkanes of at least 4 members (excludes halogenated alkanes) is 4. The summed E-state index contributed by atoms with van der Waals surface area (Å²) in [4.78, 5) is 18.0. The zero-order valence-electron chi connectivity index (χ0n) is 34.6. The Morgan fingerprint density at radius 2 is 1.62 bits per heavy atom. The second-order valence-electron chi connectivity index (χ2n) is 15.4. The van der Waals surface area contributed by atoms with Gasteiger partial charge in [0.2, 0.25) is 5.91 Å². The van der Waals surface area contributed by atoms with Crippen LogP contribution in [0, 0.1) is 11.8 Å². The van der Waals surface area contributed by atoms with Gasteiger partial charge in [-0.3, -0.25) is 4.79 Å². The van der Waals surface area contributed by atoms with Crippen LogP contribution in [0.1, 0.15) is 140 Å². The van der Waals surface area contributed by atoms with E-state index >= 15 is 0 Å². The molecule has 0 fully saturated rings. The molecule has 292 valence electrons. The predicted molar refractivity (Wildman–Crippen MR) is 242 cm³/mol. The van der Waals surface area contributed by atoms with E-state index in [1.165, 1.54) is 38.4 Å². The molecule has 1 aliphatic rings. The van der Waals surface area contributed by atoms with E-state index in [2.05, 4.69) is 156 Å². The molecule has 3 aromatic carbocycles. The molecule has 1 aliphatic carbocycles. The van der Waals surface area contributed by atoms with Crippen molar-refractivity contribution in [2.75, 3.05) is 11.1 Å². The molecule has 3 nitrogen and oxygen atoms in total. The fraction of sp³-hybridized carbons (Fsp3) is 0.431. The Balaban J connectivity index is 1.44. The number of carbonyl (C=O) groups excluding carboxylic acids is 1. The van der Waals surface area contributed by atoms with Gasteiger partial charge in [-0.05, 0) is 128 Å². The first-order valence-corrected chi connectivity index (χ1v) is 21.9. The maximum Gasteiger partial charge on any atom is 0.224 e. The third kappa shape index (κ3) is 14.2. The number of nitrogens with zero attached hydrogens (tertiary/aromatic N) is 1. The van der Waals surface area contributed by atoms with Crippen molar-refractivity contribution in [2.24, 2.45) is 16.8 Å². The lowest BCUT2D eigenvalue weighted by atomic mass is 9.73. The molecule has 0 aromatic heterocycles. The summed E-state index contributed by atoms with van der Waals surface area (Å²) < 4.78 is 0. The van der Waals surface area contributed by atoms with E-state index < -0.39 is 0 Å². The van der Waals surface area contributed by atoms with E-state index in [1.807, 2.05) is 17.8 Å². The summed E-state index contributed by atoms with van der Waals surface area (Å²) >= 11 is 1.93. The Morgan fingerprint density at radius 3 is 2.27 bits per heavy atom. The molecular formula is C51H66N2OS. The summed E-state index contributed by atoms with van der Waals surface area (Å²) in [7, 11) is 0. The Labute approximate surface area is 338 Å². The van der Waals surface area contributed by atoms with E-state index in [0.29, 0.717) is 30.1 Å². The number of rotatable bonds is 21. The summed E-state index contributed by atoms with van der Waals surface area (Å²) in [6, 6.07) is 28.6. The molecule has 0 spiro atoms. The second kappa shape index (κ2) is 23.7. The number of anilines is 1. The molecule has 0 heterocycles. The number of hydrogen-bond acceptors (Lipinski definition) is 3. The van der Waals surface area contributed by atoms with Gasteiger partial charge < -0.3 is 5.32 Å². The van der Waals surface area contributed by atoms with Crippen LogP contribution in [0.15, 0.2) is 132 Å². The number of benzene rings is 3. The lowest BCUT2D eigenvalue weighted by Gasteiger charge is -2.32. The maximum atomic E-state index is 12.6. The SMILES string of the molecule is C=C=CCCCCCCC(=O)Nc1ccc(C(C)C(C)C(CC(C)CSC(CC)=N/C(=C(\C)C2=CCCC=C2)c2ccccc2)c2ccc(CC)cc2)cc1. The van der Waals surface area contributed by atoms with E-state index in [-0.39, 0.29) is 5.91 Å². The van der Waals surface area contributed by atoms with Gasteiger partial charge in [0.15, 0.2) is 0 Å². The molecule has 0 aliphatic heterocycles. The molecule has 4 heteroatoms. The first-order chi connectivity index (χ1) is 26.7. The lowest BCUT2D eigenvalue weighted by Crippen LogP contribution is -2.20. The summed E-state index contributed by atoms with van der Waals surface area (Å²) in [5.74, 6) is 2.82. The van der Waals surface area contributed by atoms with Crippen LogP contribution in [0.3, 0.4) is 0 Å². The molecule has 3 aromatic rings. The second-order valence-corrected chi connectivity index (χ2v) is 16.5. The average molecular weight is 755 g/mol. The van der Waals surface area contributed by atoms with Gasteiger partial charge in [-0.2, -0.15) is 0 Å². The molecule has 0 radical (unpaired) electrons. The summed E-state index contributed by atoms with van der Waals surface area (Å²) in [5, 5.41) is 4.32. The van der Waals surface area contributed by atoms with Crippen LogP contribution in [-0.4, -0.2) is 16.7 Å². The van der Waals surface area contributed by atoms with E-state index in [1.54, 1.807) is 0 Å². The largest absolute Gasteiger partial charge is 0.326 e. The minimum atomic E-state index is 0.0973. The zero-order chi connectivity index (χ0) is 39.4. The first-order valence-electron chi connectivity index (χ1n) is 20.9. The van der Waals surface area contributed by atoms with Gasteiger partial charge in [0.25, 0.3) is 0 Å². The van der Waals surface area contributed by atoms with Crippen LogP contribution in [0.4, 0.5) is 5.69 Å². The van der Waals surface area contributed by atoms with Crippen molar-refractivity contribution >= 4 is 34.1 Å². The Hall–Kier alpha value is -4.11. The number of aryl methyl sites for hydroxylation is 1. The quantitative estimate of drug-likeness (QED) is 0.0509. The molecule has 0 saturated heterocycles. The average Bonchev–Trinajstić information content (AvgIpc) is 3.22. The molecular weight excluding hydrogens is 689 g/mol. The van der Waals surface area contributed by atoms with Gasteiger partial charge in [0.1, 0.15) is 0 Å². The van der Waals surface area contributed by atoms with Gasteiger partial charge in [-0.1, -0.05) is 139 Å². The number of nitrogens with one attached hydrogen (secondary N) is 1. The van der Waals surface area contributed by atoms with Crippen molar-refractivity contribution < 1.29 is 4.79 Å². The molecule has 4 rings (SSSR count).